The molecule has 3 aromatic rings. The van der Waals surface area contributed by atoms with Crippen molar-refractivity contribution in [1.82, 2.24) is 14.8 Å². The molecule has 0 aliphatic heterocycles. The molecule has 0 saturated carbocycles. The third kappa shape index (κ3) is 1.82. The summed E-state index contributed by atoms with van der Waals surface area (Å²) in [5, 5.41) is 17.3. The number of fused-ring (bicyclic) bond motifs is 1. The zero-order valence-electron chi connectivity index (χ0n) is 9.70. The van der Waals surface area contributed by atoms with Crippen LogP contribution in [-0.4, -0.2) is 25.8 Å². The monoisotopic (exact) mass is 271 g/mol. The molecule has 94 valence electrons. The topological polar surface area (TPSA) is 70.9 Å². The number of carboxylic acids is 1. The Hall–Kier alpha value is -2.47. The van der Waals surface area contributed by atoms with Crippen LogP contribution < -0.4 is 0 Å². The van der Waals surface area contributed by atoms with E-state index in [-0.39, 0.29) is 5.56 Å². The number of carboxylic acid groups (broad SMARTS) is 1. The normalized spacial score (nSPS) is 10.7. The van der Waals surface area contributed by atoms with Gasteiger partial charge in [0.25, 0.3) is 0 Å². The number of nitrogens with one attached hydrogen (secondary N) is 1. The lowest BCUT2D eigenvalue weighted by Gasteiger charge is -2.09. The molecule has 6 heteroatoms. The zero-order valence-corrected chi connectivity index (χ0v) is 10.5. The lowest BCUT2D eigenvalue weighted by molar-refractivity contribution is 0.0699. The SMILES string of the molecule is O=C(O)c1ccc(-n2cn[nH]c2=S)c2ccccc12. The average Bonchev–Trinajstić information content (AvgIpc) is 2.83. The van der Waals surface area contributed by atoms with Crippen LogP contribution in [0.3, 0.4) is 0 Å². The van der Waals surface area contributed by atoms with Crippen LogP contribution in [0.2, 0.25) is 0 Å². The Morgan fingerprint density at radius 1 is 1.21 bits per heavy atom. The molecule has 19 heavy (non-hydrogen) atoms. The first-order chi connectivity index (χ1) is 9.18. The van der Waals surface area contributed by atoms with Crippen LogP contribution in [0, 0.1) is 4.77 Å². The molecule has 0 atom stereocenters. The Bertz CT molecular complexity index is 835. The highest BCUT2D eigenvalue weighted by molar-refractivity contribution is 7.71. The fraction of sp³-hybridized carbons (Fsp3) is 0. The first kappa shape index (κ1) is 11.6. The molecule has 0 spiro atoms. The molecule has 0 fully saturated rings. The maximum Gasteiger partial charge on any atom is 0.336 e. The number of nitrogens with zero attached hydrogens (tertiary/aromatic N) is 2. The van der Waals surface area contributed by atoms with Crippen molar-refractivity contribution < 1.29 is 9.90 Å². The zero-order chi connectivity index (χ0) is 13.4. The first-order valence-corrected chi connectivity index (χ1v) is 5.97. The Morgan fingerprint density at radius 2 is 1.95 bits per heavy atom. The van der Waals surface area contributed by atoms with Gasteiger partial charge in [-0.05, 0) is 29.7 Å². The van der Waals surface area contributed by atoms with Crippen LogP contribution >= 0.6 is 12.2 Å². The van der Waals surface area contributed by atoms with Crippen LogP contribution in [0.25, 0.3) is 16.5 Å². The molecular formula is C13H9N3O2S. The molecular weight excluding hydrogens is 262 g/mol. The van der Waals surface area contributed by atoms with E-state index >= 15 is 0 Å². The largest absolute Gasteiger partial charge is 0.478 e. The van der Waals surface area contributed by atoms with E-state index in [9.17, 15) is 9.90 Å². The standard InChI is InChI=1S/C13H9N3O2S/c17-12(18)10-5-6-11(16-7-14-15-13(16)19)9-4-2-1-3-8(9)10/h1-7H,(H,15,19)(H,17,18). The number of carbonyl (C=O) groups is 1. The predicted molar refractivity (Wildman–Crippen MR) is 73.2 cm³/mol. The van der Waals surface area contributed by atoms with Gasteiger partial charge in [-0.1, -0.05) is 24.3 Å². The third-order valence-electron chi connectivity index (χ3n) is 2.94. The van der Waals surface area contributed by atoms with Crippen molar-refractivity contribution in [3.63, 3.8) is 0 Å². The molecule has 1 aromatic heterocycles. The number of hydrogen-bond acceptors (Lipinski definition) is 3. The van der Waals surface area contributed by atoms with Crippen LogP contribution in [0.1, 0.15) is 10.4 Å². The number of aromatic carboxylic acids is 1. The van der Waals surface area contributed by atoms with E-state index in [2.05, 4.69) is 10.2 Å². The number of H-pyrrole nitrogens is 1. The van der Waals surface area contributed by atoms with Gasteiger partial charge in [-0.25, -0.2) is 4.79 Å². The summed E-state index contributed by atoms with van der Waals surface area (Å²) in [5.74, 6) is -0.946. The van der Waals surface area contributed by atoms with Crippen molar-refractivity contribution in [3.8, 4) is 5.69 Å². The molecule has 1 heterocycles. The number of aromatic nitrogens is 3. The van der Waals surface area contributed by atoms with Crippen LogP contribution in [0.15, 0.2) is 42.7 Å². The number of hydrogen-bond donors (Lipinski definition) is 2. The molecule has 2 aromatic carbocycles. The molecule has 0 saturated heterocycles. The lowest BCUT2D eigenvalue weighted by atomic mass is 10.0. The number of aromatic amines is 1. The van der Waals surface area contributed by atoms with E-state index in [0.717, 1.165) is 11.1 Å². The highest BCUT2D eigenvalue weighted by atomic mass is 32.1. The van der Waals surface area contributed by atoms with Gasteiger partial charge >= 0.3 is 5.97 Å². The molecule has 2 N–H and O–H groups in total. The van der Waals surface area contributed by atoms with Gasteiger partial charge in [0.1, 0.15) is 6.33 Å². The second-order valence-corrected chi connectivity index (χ2v) is 4.40. The summed E-state index contributed by atoms with van der Waals surface area (Å²) in [4.78, 5) is 11.2. The van der Waals surface area contributed by atoms with Gasteiger partial charge in [0.05, 0.1) is 11.3 Å². The van der Waals surface area contributed by atoms with Gasteiger partial charge in [-0.3, -0.25) is 9.67 Å². The summed E-state index contributed by atoms with van der Waals surface area (Å²) < 4.78 is 2.18. The second kappa shape index (κ2) is 4.33. The fourth-order valence-corrected chi connectivity index (χ4v) is 2.30. The minimum Gasteiger partial charge on any atom is -0.478 e. The van der Waals surface area contributed by atoms with E-state index in [0.29, 0.717) is 10.2 Å². The third-order valence-corrected chi connectivity index (χ3v) is 3.23. The van der Waals surface area contributed by atoms with Gasteiger partial charge in [0, 0.05) is 5.39 Å². The smallest absolute Gasteiger partial charge is 0.336 e. The van der Waals surface area contributed by atoms with E-state index in [1.165, 1.54) is 0 Å². The highest BCUT2D eigenvalue weighted by Crippen LogP contribution is 2.25. The second-order valence-electron chi connectivity index (χ2n) is 4.01. The minimum atomic E-state index is -0.946. The quantitative estimate of drug-likeness (QED) is 0.703. The lowest BCUT2D eigenvalue weighted by Crippen LogP contribution is -2.00. The van der Waals surface area contributed by atoms with E-state index in [1.807, 2.05) is 18.2 Å². The van der Waals surface area contributed by atoms with Gasteiger partial charge in [-0.15, -0.1) is 0 Å². The molecule has 0 bridgehead atoms. The average molecular weight is 271 g/mol. The first-order valence-electron chi connectivity index (χ1n) is 5.56. The number of rotatable bonds is 2. The van der Waals surface area contributed by atoms with Crippen LogP contribution in [0.4, 0.5) is 0 Å². The van der Waals surface area contributed by atoms with Crippen molar-refractivity contribution in [2.24, 2.45) is 0 Å². The van der Waals surface area contributed by atoms with Gasteiger partial charge < -0.3 is 5.11 Å². The Labute approximate surface area is 113 Å². The fourth-order valence-electron chi connectivity index (χ4n) is 2.10. The molecule has 0 aliphatic rings. The molecule has 3 rings (SSSR count). The van der Waals surface area contributed by atoms with Gasteiger partial charge in [0.15, 0.2) is 4.77 Å². The van der Waals surface area contributed by atoms with Crippen molar-refractivity contribution >= 4 is 29.0 Å². The van der Waals surface area contributed by atoms with Crippen molar-refractivity contribution in [2.45, 2.75) is 0 Å². The molecule has 0 unspecified atom stereocenters. The van der Waals surface area contributed by atoms with E-state index in [4.69, 9.17) is 12.2 Å². The summed E-state index contributed by atoms with van der Waals surface area (Å²) in [6.45, 7) is 0. The van der Waals surface area contributed by atoms with Crippen LogP contribution in [0.5, 0.6) is 0 Å². The van der Waals surface area contributed by atoms with E-state index in [1.54, 1.807) is 29.1 Å². The van der Waals surface area contributed by atoms with E-state index < -0.39 is 5.97 Å². The minimum absolute atomic E-state index is 0.273. The summed E-state index contributed by atoms with van der Waals surface area (Å²) in [7, 11) is 0. The maximum atomic E-state index is 11.2. The van der Waals surface area contributed by atoms with Crippen molar-refractivity contribution in [1.29, 1.82) is 0 Å². The highest BCUT2D eigenvalue weighted by Gasteiger charge is 2.12. The van der Waals surface area contributed by atoms with Crippen molar-refractivity contribution in [2.75, 3.05) is 0 Å². The Balaban J connectivity index is 2.41. The van der Waals surface area contributed by atoms with Crippen LogP contribution in [-0.2, 0) is 0 Å². The Morgan fingerprint density at radius 3 is 2.58 bits per heavy atom. The molecule has 0 amide bonds. The maximum absolute atomic E-state index is 11.2. The number of benzene rings is 2. The van der Waals surface area contributed by atoms with Gasteiger partial charge in [0.2, 0.25) is 0 Å². The molecule has 0 aliphatic carbocycles. The molecule has 5 nitrogen and oxygen atoms in total. The summed E-state index contributed by atoms with van der Waals surface area (Å²) in [6.07, 6.45) is 1.57. The molecule has 0 radical (unpaired) electrons. The summed E-state index contributed by atoms with van der Waals surface area (Å²) in [5.41, 5.74) is 1.08. The Kier molecular flexibility index (Phi) is 2.64. The van der Waals surface area contributed by atoms with Crippen molar-refractivity contribution in [3.05, 3.63) is 53.1 Å². The van der Waals surface area contributed by atoms with Gasteiger partial charge in [-0.2, -0.15) is 5.10 Å². The summed E-state index contributed by atoms with van der Waals surface area (Å²) >= 11 is 5.14. The summed E-state index contributed by atoms with van der Waals surface area (Å²) in [6, 6.07) is 10.6. The predicted octanol–water partition coefficient (Wildman–Crippen LogP) is 2.78.